The van der Waals surface area contributed by atoms with Crippen LogP contribution in [0.2, 0.25) is 0 Å². The molecule has 1 aromatic carbocycles. The number of anilines is 1. The zero-order chi connectivity index (χ0) is 18.4. The number of carbonyl (C=O) groups excluding carboxylic acids is 2. The lowest BCUT2D eigenvalue weighted by Gasteiger charge is -2.30. The summed E-state index contributed by atoms with van der Waals surface area (Å²) in [6.07, 6.45) is 0.977. The Bertz CT molecular complexity index is 724. The van der Waals surface area contributed by atoms with Crippen molar-refractivity contribution in [2.45, 2.75) is 26.7 Å². The van der Waals surface area contributed by atoms with E-state index in [2.05, 4.69) is 5.32 Å². The first-order valence-corrected chi connectivity index (χ1v) is 10.0. The van der Waals surface area contributed by atoms with Gasteiger partial charge in [-0.1, -0.05) is 6.07 Å². The molecule has 0 saturated carbocycles. The van der Waals surface area contributed by atoms with Gasteiger partial charge in [-0.25, -0.2) is 17.5 Å². The van der Waals surface area contributed by atoms with Gasteiger partial charge in [0.25, 0.3) is 0 Å². The van der Waals surface area contributed by atoms with Crippen LogP contribution in [-0.2, 0) is 19.6 Å². The standard InChI is InChI=1S/C17H24N2O5S/c1-3-24-17(21)14-6-5-7-15(12-14)18-16(20)13-8-10-19(11-9-13)25(22,23)4-2/h5-7,12-13H,3-4,8-11H2,1-2H3,(H,18,20). The van der Waals surface area contributed by atoms with Gasteiger partial charge in [0, 0.05) is 24.7 Å². The molecule has 0 aromatic heterocycles. The summed E-state index contributed by atoms with van der Waals surface area (Å²) in [6, 6.07) is 6.59. The zero-order valence-electron chi connectivity index (χ0n) is 14.5. The Balaban J connectivity index is 1.95. The fraction of sp³-hybridized carbons (Fsp3) is 0.529. The molecule has 8 heteroatoms. The van der Waals surface area contributed by atoms with Gasteiger partial charge in [0.15, 0.2) is 0 Å². The smallest absolute Gasteiger partial charge is 0.338 e. The summed E-state index contributed by atoms with van der Waals surface area (Å²) >= 11 is 0. The van der Waals surface area contributed by atoms with E-state index < -0.39 is 16.0 Å². The molecule has 1 saturated heterocycles. The number of amides is 1. The molecule has 0 aliphatic carbocycles. The van der Waals surface area contributed by atoms with Crippen molar-refractivity contribution in [3.8, 4) is 0 Å². The van der Waals surface area contributed by atoms with Gasteiger partial charge in [-0.3, -0.25) is 4.79 Å². The highest BCUT2D eigenvalue weighted by atomic mass is 32.2. The maximum atomic E-state index is 12.4. The second-order valence-corrected chi connectivity index (χ2v) is 8.12. The highest BCUT2D eigenvalue weighted by Gasteiger charge is 2.30. The van der Waals surface area contributed by atoms with Gasteiger partial charge in [0.2, 0.25) is 15.9 Å². The molecule has 0 unspecified atom stereocenters. The number of hydrogen-bond acceptors (Lipinski definition) is 5. The van der Waals surface area contributed by atoms with Crippen molar-refractivity contribution in [2.24, 2.45) is 5.92 Å². The van der Waals surface area contributed by atoms with Crippen molar-refractivity contribution < 1.29 is 22.7 Å². The fourth-order valence-corrected chi connectivity index (χ4v) is 3.89. The highest BCUT2D eigenvalue weighted by Crippen LogP contribution is 2.22. The number of nitrogens with one attached hydrogen (secondary N) is 1. The minimum Gasteiger partial charge on any atom is -0.462 e. The minimum absolute atomic E-state index is 0.0739. The van der Waals surface area contributed by atoms with Crippen LogP contribution >= 0.6 is 0 Å². The van der Waals surface area contributed by atoms with E-state index in [-0.39, 0.29) is 24.2 Å². The lowest BCUT2D eigenvalue weighted by molar-refractivity contribution is -0.120. The minimum atomic E-state index is -3.20. The third-order valence-electron chi connectivity index (χ3n) is 4.22. The molecule has 7 nitrogen and oxygen atoms in total. The molecule has 1 aliphatic heterocycles. The summed E-state index contributed by atoms with van der Waals surface area (Å²) < 4.78 is 30.1. The van der Waals surface area contributed by atoms with E-state index in [1.807, 2.05) is 0 Å². The van der Waals surface area contributed by atoms with Crippen LogP contribution in [-0.4, -0.2) is 50.0 Å². The molecule has 2 rings (SSSR count). The second kappa shape index (κ2) is 8.44. The van der Waals surface area contributed by atoms with Crippen molar-refractivity contribution in [1.29, 1.82) is 0 Å². The van der Waals surface area contributed by atoms with Crippen LogP contribution in [0, 0.1) is 5.92 Å². The molecule has 1 aliphatic rings. The molecule has 1 aromatic rings. The SMILES string of the molecule is CCOC(=O)c1cccc(NC(=O)C2CCN(S(=O)(=O)CC)CC2)c1. The number of esters is 1. The molecule has 1 amide bonds. The number of hydrogen-bond donors (Lipinski definition) is 1. The third kappa shape index (κ3) is 5.02. The number of piperidine rings is 1. The fourth-order valence-electron chi connectivity index (χ4n) is 2.76. The Labute approximate surface area is 148 Å². The van der Waals surface area contributed by atoms with E-state index in [9.17, 15) is 18.0 Å². The van der Waals surface area contributed by atoms with Crippen molar-refractivity contribution in [3.63, 3.8) is 0 Å². The molecule has 25 heavy (non-hydrogen) atoms. The summed E-state index contributed by atoms with van der Waals surface area (Å²) in [6.45, 7) is 4.35. The van der Waals surface area contributed by atoms with E-state index >= 15 is 0 Å². The van der Waals surface area contributed by atoms with Crippen LogP contribution < -0.4 is 5.32 Å². The van der Waals surface area contributed by atoms with Crippen molar-refractivity contribution >= 4 is 27.6 Å². The Morgan fingerprint density at radius 1 is 1.24 bits per heavy atom. The number of nitrogens with zero attached hydrogens (tertiary/aromatic N) is 1. The Hall–Kier alpha value is -1.93. The van der Waals surface area contributed by atoms with E-state index in [4.69, 9.17) is 4.74 Å². The lowest BCUT2D eigenvalue weighted by atomic mass is 9.97. The number of benzene rings is 1. The summed E-state index contributed by atoms with van der Waals surface area (Å²) in [5.41, 5.74) is 0.905. The largest absolute Gasteiger partial charge is 0.462 e. The molecule has 1 heterocycles. The molecule has 0 radical (unpaired) electrons. The van der Waals surface area contributed by atoms with Crippen LogP contribution in [0.1, 0.15) is 37.0 Å². The van der Waals surface area contributed by atoms with Gasteiger partial charge in [-0.2, -0.15) is 0 Å². The van der Waals surface area contributed by atoms with Gasteiger partial charge >= 0.3 is 5.97 Å². The first kappa shape index (κ1) is 19.4. The first-order chi connectivity index (χ1) is 11.9. The summed E-state index contributed by atoms with van der Waals surface area (Å²) in [7, 11) is -3.20. The number of sulfonamides is 1. The topological polar surface area (TPSA) is 92.8 Å². The molecule has 0 bridgehead atoms. The number of rotatable bonds is 6. The maximum Gasteiger partial charge on any atom is 0.338 e. The average Bonchev–Trinajstić information content (AvgIpc) is 2.62. The highest BCUT2D eigenvalue weighted by molar-refractivity contribution is 7.89. The van der Waals surface area contributed by atoms with Gasteiger partial charge in [-0.15, -0.1) is 0 Å². The predicted molar refractivity (Wildman–Crippen MR) is 94.8 cm³/mol. The Kier molecular flexibility index (Phi) is 6.55. The summed E-state index contributed by atoms with van der Waals surface area (Å²) in [5, 5.41) is 2.80. The summed E-state index contributed by atoms with van der Waals surface area (Å²) in [5.74, 6) is -0.759. The molecule has 1 fully saturated rings. The molecular weight excluding hydrogens is 344 g/mol. The third-order valence-corrected chi connectivity index (χ3v) is 6.11. The molecule has 1 N–H and O–H groups in total. The lowest BCUT2D eigenvalue weighted by Crippen LogP contribution is -2.42. The van der Waals surface area contributed by atoms with Crippen LogP contribution in [0.15, 0.2) is 24.3 Å². The van der Waals surface area contributed by atoms with Crippen LogP contribution in [0.5, 0.6) is 0 Å². The van der Waals surface area contributed by atoms with Crippen molar-refractivity contribution in [1.82, 2.24) is 4.31 Å². The van der Waals surface area contributed by atoms with Gasteiger partial charge in [0.1, 0.15) is 0 Å². The van der Waals surface area contributed by atoms with E-state index in [0.29, 0.717) is 37.2 Å². The van der Waals surface area contributed by atoms with Gasteiger partial charge < -0.3 is 10.1 Å². The average molecular weight is 368 g/mol. The van der Waals surface area contributed by atoms with Gasteiger partial charge in [0.05, 0.1) is 17.9 Å². The van der Waals surface area contributed by atoms with Crippen molar-refractivity contribution in [2.75, 3.05) is 30.8 Å². The van der Waals surface area contributed by atoms with Gasteiger partial charge in [-0.05, 0) is 44.9 Å². The van der Waals surface area contributed by atoms with E-state index in [0.717, 1.165) is 0 Å². The van der Waals surface area contributed by atoms with E-state index in [1.54, 1.807) is 38.1 Å². The number of carbonyl (C=O) groups is 2. The summed E-state index contributed by atoms with van der Waals surface area (Å²) in [4.78, 5) is 24.2. The first-order valence-electron chi connectivity index (χ1n) is 8.43. The maximum absolute atomic E-state index is 12.4. The Morgan fingerprint density at radius 2 is 1.92 bits per heavy atom. The molecule has 0 spiro atoms. The molecule has 138 valence electrons. The quantitative estimate of drug-likeness (QED) is 0.774. The van der Waals surface area contributed by atoms with Crippen LogP contribution in [0.3, 0.4) is 0 Å². The van der Waals surface area contributed by atoms with Crippen LogP contribution in [0.4, 0.5) is 5.69 Å². The van der Waals surface area contributed by atoms with Crippen LogP contribution in [0.25, 0.3) is 0 Å². The Morgan fingerprint density at radius 3 is 2.52 bits per heavy atom. The molecule has 0 atom stereocenters. The molecular formula is C17H24N2O5S. The predicted octanol–water partition coefficient (Wildman–Crippen LogP) is 1.86. The van der Waals surface area contributed by atoms with Crippen molar-refractivity contribution in [3.05, 3.63) is 29.8 Å². The number of ether oxygens (including phenoxy) is 1. The monoisotopic (exact) mass is 368 g/mol. The van der Waals surface area contributed by atoms with E-state index in [1.165, 1.54) is 4.31 Å². The zero-order valence-corrected chi connectivity index (χ0v) is 15.3. The normalized spacial score (nSPS) is 16.4. The second-order valence-electron chi connectivity index (χ2n) is 5.86.